The van der Waals surface area contributed by atoms with Gasteiger partial charge in [0.1, 0.15) is 12.2 Å². The summed E-state index contributed by atoms with van der Waals surface area (Å²) in [6.45, 7) is 1.90. The smallest absolute Gasteiger partial charge is 0.200 e. The second-order valence-electron chi connectivity index (χ2n) is 4.01. The number of nitrogens with zero attached hydrogens (tertiary/aromatic N) is 2. The van der Waals surface area contributed by atoms with E-state index in [1.165, 1.54) is 10.9 Å². The van der Waals surface area contributed by atoms with Crippen LogP contribution in [0, 0.1) is 16.5 Å². The molecule has 0 bridgehead atoms. The van der Waals surface area contributed by atoms with Crippen LogP contribution in [-0.2, 0) is 15.7 Å². The van der Waals surface area contributed by atoms with Gasteiger partial charge in [0, 0.05) is 0 Å². The average Bonchev–Trinajstić information content (AvgIpc) is 2.33. The van der Waals surface area contributed by atoms with Crippen molar-refractivity contribution < 1.29 is 8.42 Å². The highest BCUT2D eigenvalue weighted by Crippen LogP contribution is 2.13. The average molecular weight is 313 g/mol. The van der Waals surface area contributed by atoms with E-state index in [2.05, 4.69) is 9.97 Å². The molecule has 0 aliphatic rings. The van der Waals surface area contributed by atoms with Crippen LogP contribution in [0.4, 0.5) is 0 Å². The number of aromatic amines is 1. The zero-order chi connectivity index (χ0) is 14.0. The zero-order valence-electron chi connectivity index (χ0n) is 10.0. The number of benzene rings is 1. The molecule has 1 aromatic carbocycles. The summed E-state index contributed by atoms with van der Waals surface area (Å²) in [6.07, 6.45) is 1.33. The van der Waals surface area contributed by atoms with Crippen LogP contribution in [0.3, 0.4) is 0 Å². The Morgan fingerprint density at radius 1 is 1.26 bits per heavy atom. The van der Waals surface area contributed by atoms with Crippen LogP contribution in [0.15, 0.2) is 35.5 Å². The lowest BCUT2D eigenvalue weighted by Crippen LogP contribution is -2.13. The normalized spacial score (nSPS) is 11.4. The van der Waals surface area contributed by atoms with Gasteiger partial charge in [-0.15, -0.1) is 0 Å². The summed E-state index contributed by atoms with van der Waals surface area (Å²) >= 11 is 9.83. The van der Waals surface area contributed by atoms with E-state index in [9.17, 15) is 8.42 Å². The van der Waals surface area contributed by atoms with Crippen molar-refractivity contribution in [1.82, 2.24) is 14.5 Å². The molecule has 0 atom stereocenters. The minimum absolute atomic E-state index is 0.231. The molecule has 100 valence electrons. The Hall–Kier alpha value is -1.38. The van der Waals surface area contributed by atoms with Crippen molar-refractivity contribution in [3.05, 3.63) is 45.7 Å². The molecular formula is C11H11N3O2S3. The van der Waals surface area contributed by atoms with Crippen molar-refractivity contribution in [1.29, 1.82) is 0 Å². The van der Waals surface area contributed by atoms with E-state index in [1.54, 1.807) is 24.3 Å². The first-order valence-corrected chi connectivity index (χ1v) is 7.80. The molecule has 0 unspecified atom stereocenters. The fourth-order valence-corrected chi connectivity index (χ4v) is 3.23. The molecule has 19 heavy (non-hydrogen) atoms. The number of aromatic nitrogens is 3. The lowest BCUT2D eigenvalue weighted by atomic mass is 10.2. The van der Waals surface area contributed by atoms with Gasteiger partial charge in [-0.25, -0.2) is 13.4 Å². The highest BCUT2D eigenvalue weighted by atomic mass is 32.2. The van der Waals surface area contributed by atoms with Crippen molar-refractivity contribution >= 4 is 34.3 Å². The zero-order valence-corrected chi connectivity index (χ0v) is 12.5. The number of nitrogens with one attached hydrogen (secondary N) is 1. The standard InChI is InChI=1S/C11H11N3O2S3/c1-8-2-4-9(5-3-8)19(15,16)7-14-6-12-10(17)13-11(14)18/h2-6H,7H2,1H3,(H,13,17,18). The summed E-state index contributed by atoms with van der Waals surface area (Å²) < 4.78 is 26.2. The number of hydrogen-bond acceptors (Lipinski definition) is 5. The molecule has 2 aromatic rings. The minimum Gasteiger partial charge on any atom is -0.308 e. The highest BCUT2D eigenvalue weighted by molar-refractivity contribution is 7.90. The Kier molecular flexibility index (Phi) is 3.93. The molecule has 1 aromatic heterocycles. The molecule has 1 heterocycles. The van der Waals surface area contributed by atoms with Gasteiger partial charge in [0.2, 0.25) is 0 Å². The van der Waals surface area contributed by atoms with Gasteiger partial charge in [0.15, 0.2) is 19.4 Å². The van der Waals surface area contributed by atoms with Gasteiger partial charge in [-0.3, -0.25) is 4.57 Å². The van der Waals surface area contributed by atoms with Crippen molar-refractivity contribution in [3.8, 4) is 0 Å². The Morgan fingerprint density at radius 3 is 2.47 bits per heavy atom. The molecule has 1 N–H and O–H groups in total. The van der Waals surface area contributed by atoms with Gasteiger partial charge in [-0.1, -0.05) is 17.7 Å². The molecule has 0 saturated heterocycles. The summed E-state index contributed by atoms with van der Waals surface area (Å²) in [4.78, 5) is 6.71. The van der Waals surface area contributed by atoms with Crippen molar-refractivity contribution in [2.24, 2.45) is 0 Å². The molecule has 0 aliphatic carbocycles. The van der Waals surface area contributed by atoms with Crippen LogP contribution in [0.1, 0.15) is 5.56 Å². The first-order valence-electron chi connectivity index (χ1n) is 5.34. The van der Waals surface area contributed by atoms with E-state index in [-0.39, 0.29) is 20.3 Å². The van der Waals surface area contributed by atoms with Gasteiger partial charge < -0.3 is 4.98 Å². The SMILES string of the molecule is Cc1ccc(S(=O)(=O)Cn2cnc(=S)[nH]c2=S)cc1. The lowest BCUT2D eigenvalue weighted by Gasteiger charge is -2.07. The summed E-state index contributed by atoms with van der Waals surface area (Å²) in [7, 11) is -3.46. The van der Waals surface area contributed by atoms with Gasteiger partial charge >= 0.3 is 0 Å². The van der Waals surface area contributed by atoms with Gasteiger partial charge in [0.25, 0.3) is 0 Å². The Balaban J connectivity index is 2.39. The first kappa shape index (κ1) is 14.0. The van der Waals surface area contributed by atoms with Crippen LogP contribution in [0.2, 0.25) is 0 Å². The molecule has 0 saturated carbocycles. The predicted octanol–water partition coefficient (Wildman–Crippen LogP) is 2.41. The Labute approximate surface area is 120 Å². The molecule has 2 rings (SSSR count). The monoisotopic (exact) mass is 313 g/mol. The van der Waals surface area contributed by atoms with Crippen LogP contribution in [0.5, 0.6) is 0 Å². The quantitative estimate of drug-likeness (QED) is 0.881. The second-order valence-corrected chi connectivity index (χ2v) is 6.74. The third kappa shape index (κ3) is 3.34. The lowest BCUT2D eigenvalue weighted by molar-refractivity contribution is 0.580. The maximum absolute atomic E-state index is 12.2. The van der Waals surface area contributed by atoms with Crippen LogP contribution < -0.4 is 0 Å². The van der Waals surface area contributed by atoms with E-state index >= 15 is 0 Å². The fraction of sp³-hybridized carbons (Fsp3) is 0.182. The van der Waals surface area contributed by atoms with E-state index in [0.717, 1.165) is 5.56 Å². The maximum Gasteiger partial charge on any atom is 0.200 e. The third-order valence-corrected chi connectivity index (χ3v) is 4.63. The van der Waals surface area contributed by atoms with Gasteiger partial charge in [-0.2, -0.15) is 0 Å². The largest absolute Gasteiger partial charge is 0.308 e. The topological polar surface area (TPSA) is 67.8 Å². The van der Waals surface area contributed by atoms with E-state index in [0.29, 0.717) is 0 Å². The summed E-state index contributed by atoms with van der Waals surface area (Å²) in [5.74, 6) is -0.270. The molecule has 5 nitrogen and oxygen atoms in total. The van der Waals surface area contributed by atoms with Gasteiger partial charge in [-0.05, 0) is 43.5 Å². The molecule has 0 amide bonds. The molecule has 0 aliphatic heterocycles. The number of hydrogen-bond donors (Lipinski definition) is 1. The van der Waals surface area contributed by atoms with Crippen LogP contribution >= 0.6 is 24.4 Å². The van der Waals surface area contributed by atoms with Crippen LogP contribution in [-0.4, -0.2) is 23.0 Å². The number of H-pyrrole nitrogens is 1. The second kappa shape index (κ2) is 5.32. The van der Waals surface area contributed by atoms with E-state index < -0.39 is 9.84 Å². The fourth-order valence-electron chi connectivity index (χ4n) is 1.47. The number of rotatable bonds is 3. The van der Waals surface area contributed by atoms with Gasteiger partial charge in [0.05, 0.1) is 4.90 Å². The van der Waals surface area contributed by atoms with Crippen molar-refractivity contribution in [2.75, 3.05) is 0 Å². The molecule has 0 fully saturated rings. The molecular weight excluding hydrogens is 302 g/mol. The van der Waals surface area contributed by atoms with E-state index in [1.807, 2.05) is 6.92 Å². The van der Waals surface area contributed by atoms with Crippen molar-refractivity contribution in [2.45, 2.75) is 17.7 Å². The minimum atomic E-state index is -3.46. The van der Waals surface area contributed by atoms with Crippen LogP contribution in [0.25, 0.3) is 0 Å². The summed E-state index contributed by atoms with van der Waals surface area (Å²) in [5, 5.41) is 0. The summed E-state index contributed by atoms with van der Waals surface area (Å²) in [5.41, 5.74) is 1.00. The Morgan fingerprint density at radius 2 is 1.89 bits per heavy atom. The maximum atomic E-state index is 12.2. The predicted molar refractivity (Wildman–Crippen MR) is 76.6 cm³/mol. The molecule has 8 heteroatoms. The number of aryl methyl sites for hydroxylation is 1. The first-order chi connectivity index (χ1) is 8.88. The van der Waals surface area contributed by atoms with Crippen molar-refractivity contribution in [3.63, 3.8) is 0 Å². The molecule has 0 spiro atoms. The Bertz CT molecular complexity index is 804. The molecule has 0 radical (unpaired) electrons. The number of sulfone groups is 1. The summed E-state index contributed by atoms with van der Waals surface area (Å²) in [6, 6.07) is 6.66. The van der Waals surface area contributed by atoms with E-state index in [4.69, 9.17) is 24.4 Å². The highest BCUT2D eigenvalue weighted by Gasteiger charge is 2.15. The third-order valence-electron chi connectivity index (χ3n) is 2.48.